The zero-order valence-electron chi connectivity index (χ0n) is 35.5. The van der Waals surface area contributed by atoms with E-state index in [4.69, 9.17) is 40.1 Å². The number of aromatic hydroxyl groups is 1. The van der Waals surface area contributed by atoms with Gasteiger partial charge in [0.2, 0.25) is 0 Å². The summed E-state index contributed by atoms with van der Waals surface area (Å²) in [5.41, 5.74) is 18.2. The summed E-state index contributed by atoms with van der Waals surface area (Å²) in [6.45, 7) is 5.74. The summed E-state index contributed by atoms with van der Waals surface area (Å²) >= 11 is 0. The van der Waals surface area contributed by atoms with Crippen molar-refractivity contribution in [3.05, 3.63) is 92.2 Å². The molecule has 14 nitrogen and oxygen atoms in total. The number of nitrogen functional groups attached to an aromatic ring is 2. The van der Waals surface area contributed by atoms with Crippen LogP contribution in [0.4, 0.5) is 11.6 Å². The first kappa shape index (κ1) is 40.7. The van der Waals surface area contributed by atoms with Gasteiger partial charge in [-0.2, -0.15) is 0 Å². The minimum absolute atomic E-state index is 0.000208. The molecule has 328 valence electrons. The van der Waals surface area contributed by atoms with E-state index in [1.165, 1.54) is 11.6 Å². The molecule has 3 saturated heterocycles. The van der Waals surface area contributed by atoms with E-state index in [-0.39, 0.29) is 52.0 Å². The molecule has 63 heavy (non-hydrogen) atoms. The molecule has 8 aliphatic rings. The van der Waals surface area contributed by atoms with Gasteiger partial charge in [-0.25, -0.2) is 14.8 Å². The Morgan fingerprint density at radius 3 is 2.79 bits per heavy atom. The molecule has 6 bridgehead atoms. The van der Waals surface area contributed by atoms with Crippen LogP contribution >= 0.6 is 21.6 Å². The number of nitrogens with zero attached hydrogens (tertiary/aromatic N) is 4. The van der Waals surface area contributed by atoms with E-state index in [9.17, 15) is 9.90 Å². The Balaban J connectivity index is 1.00. The molecule has 3 aromatic heterocycles. The van der Waals surface area contributed by atoms with E-state index in [0.29, 0.717) is 72.6 Å². The van der Waals surface area contributed by atoms with Gasteiger partial charge < -0.3 is 45.4 Å². The van der Waals surface area contributed by atoms with E-state index in [0.717, 1.165) is 59.6 Å². The number of nitrogens with one attached hydrogen (secondary N) is 1. The Morgan fingerprint density at radius 2 is 1.95 bits per heavy atom. The highest BCUT2D eigenvalue weighted by molar-refractivity contribution is 8.76. The number of aromatic nitrogens is 2. The summed E-state index contributed by atoms with van der Waals surface area (Å²) < 4.78 is 26.6. The molecule has 1 aromatic carbocycles. The minimum atomic E-state index is -1.12. The van der Waals surface area contributed by atoms with Gasteiger partial charge in [0, 0.05) is 83.1 Å². The lowest BCUT2D eigenvalue weighted by atomic mass is 9.61. The number of hydrogen-bond acceptors (Lipinski definition) is 16. The van der Waals surface area contributed by atoms with Crippen LogP contribution in [-0.2, 0) is 33.0 Å². The summed E-state index contributed by atoms with van der Waals surface area (Å²) in [4.78, 5) is 45.0. The van der Waals surface area contributed by atoms with Crippen LogP contribution in [0.3, 0.4) is 0 Å². The second-order valence-corrected chi connectivity index (χ2v) is 21.0. The zero-order chi connectivity index (χ0) is 43.4. The SMILES string of the molecule is CNCC1CC2CCC1C1c3c(cc4oc(C)cc(=O)c4c3O)OC3(C)CCSSCc4c(cc(CN5C=C6N=CC=C6C5)nc4N)-c4cc(cc(N)n4)CCC4OC24C(=O)OC13. The summed E-state index contributed by atoms with van der Waals surface area (Å²) in [5.74, 6) is 1.95. The molecule has 16 heteroatoms. The van der Waals surface area contributed by atoms with Gasteiger partial charge in [0.25, 0.3) is 0 Å². The number of ether oxygens (including phenoxy) is 3. The van der Waals surface area contributed by atoms with Crippen LogP contribution in [0.15, 0.2) is 68.1 Å². The van der Waals surface area contributed by atoms with E-state index in [1.54, 1.807) is 34.6 Å². The van der Waals surface area contributed by atoms with Crippen LogP contribution in [0.2, 0.25) is 0 Å². The zero-order valence-corrected chi connectivity index (χ0v) is 37.2. The van der Waals surface area contributed by atoms with Crippen molar-refractivity contribution >= 4 is 56.4 Å². The van der Waals surface area contributed by atoms with Gasteiger partial charge in [0.05, 0.1) is 29.7 Å². The highest BCUT2D eigenvalue weighted by Crippen LogP contribution is 2.62. The number of hydrogen-bond donors (Lipinski definition) is 4. The Bertz CT molecular complexity index is 2740. The number of aryl methyl sites for hydroxylation is 2. The van der Waals surface area contributed by atoms with Gasteiger partial charge in [-0.1, -0.05) is 21.6 Å². The van der Waals surface area contributed by atoms with E-state index < -0.39 is 23.2 Å². The van der Waals surface area contributed by atoms with Crippen molar-refractivity contribution in [3.63, 3.8) is 0 Å². The predicted molar refractivity (Wildman–Crippen MR) is 244 cm³/mol. The summed E-state index contributed by atoms with van der Waals surface area (Å²) in [6, 6.07) is 9.21. The second-order valence-electron chi connectivity index (χ2n) is 18.5. The molecule has 0 radical (unpaired) electrons. The van der Waals surface area contributed by atoms with Gasteiger partial charge in [0.15, 0.2) is 11.0 Å². The van der Waals surface area contributed by atoms with Crippen LogP contribution in [0, 0.1) is 24.7 Å². The van der Waals surface area contributed by atoms with Crippen molar-refractivity contribution in [2.45, 2.75) is 94.0 Å². The van der Waals surface area contributed by atoms with Crippen molar-refractivity contribution in [3.8, 4) is 22.8 Å². The van der Waals surface area contributed by atoms with E-state index in [1.807, 2.05) is 32.3 Å². The van der Waals surface area contributed by atoms with Crippen molar-refractivity contribution < 1.29 is 28.5 Å². The number of phenols is 1. The lowest BCUT2D eigenvalue weighted by molar-refractivity contribution is -0.174. The second kappa shape index (κ2) is 15.3. The topological polar surface area (TPSA) is 204 Å². The molecule has 1 aliphatic carbocycles. The van der Waals surface area contributed by atoms with Crippen molar-refractivity contribution in [1.82, 2.24) is 20.2 Å². The smallest absolute Gasteiger partial charge is 0.341 e. The third-order valence-electron chi connectivity index (χ3n) is 14.5. The Labute approximate surface area is 372 Å². The molecule has 7 aliphatic heterocycles. The largest absolute Gasteiger partial charge is 0.507 e. The molecule has 6 N–H and O–H groups in total. The number of pyridine rings is 2. The van der Waals surface area contributed by atoms with Gasteiger partial charge in [0.1, 0.15) is 51.6 Å². The number of carbonyl (C=O) groups excluding carboxylic acids is 1. The number of allylic oxidation sites excluding steroid dienone is 1. The first-order valence-electron chi connectivity index (χ1n) is 21.9. The number of nitrogens with two attached hydrogens (primary N) is 2. The number of aliphatic imine (C=N–C) groups is 1. The van der Waals surface area contributed by atoms with Crippen LogP contribution in [-0.4, -0.2) is 81.5 Å². The number of phenolic OH excluding ortho intramolecular Hbond substituents is 1. The monoisotopic (exact) mass is 889 g/mol. The first-order chi connectivity index (χ1) is 30.4. The van der Waals surface area contributed by atoms with Crippen LogP contribution in [0.25, 0.3) is 22.2 Å². The molecule has 12 rings (SSSR count). The maximum absolute atomic E-state index is 15.1. The number of anilines is 2. The fourth-order valence-electron chi connectivity index (χ4n) is 11.6. The van der Waals surface area contributed by atoms with Crippen LogP contribution < -0.4 is 26.9 Å². The fourth-order valence-corrected chi connectivity index (χ4v) is 13.9. The number of carbonyl (C=O) groups is 1. The molecule has 4 aromatic rings. The van der Waals surface area contributed by atoms with Gasteiger partial charge in [-0.3, -0.25) is 9.79 Å². The maximum atomic E-state index is 15.1. The fraction of sp³-hybridized carbons (Fsp3) is 0.468. The molecule has 0 amide bonds. The lowest BCUT2D eigenvalue weighted by Crippen LogP contribution is -2.56. The number of benzene rings is 1. The lowest BCUT2D eigenvalue weighted by Gasteiger charge is -2.50. The average molecular weight is 890 g/mol. The van der Waals surface area contributed by atoms with Crippen molar-refractivity contribution in [2.75, 3.05) is 37.4 Å². The van der Waals surface area contributed by atoms with Gasteiger partial charge in [-0.05, 0) is 101 Å². The molecule has 8 atom stereocenters. The molecule has 4 fully saturated rings. The molecular weight excluding hydrogens is 839 g/mol. The number of rotatable bonds is 4. The summed E-state index contributed by atoms with van der Waals surface area (Å²) in [6.07, 6.45) is 8.75. The van der Waals surface area contributed by atoms with E-state index in [2.05, 4.69) is 33.5 Å². The van der Waals surface area contributed by atoms with Gasteiger partial charge >= 0.3 is 5.97 Å². The normalized spacial score (nSPS) is 30.7. The minimum Gasteiger partial charge on any atom is -0.507 e. The first-order valence-corrected chi connectivity index (χ1v) is 24.4. The number of fused-ring (bicyclic) bond motifs is 9. The molecule has 10 heterocycles. The quantitative estimate of drug-likeness (QED) is 0.0973. The highest BCUT2D eigenvalue weighted by Gasteiger charge is 2.71. The highest BCUT2D eigenvalue weighted by atomic mass is 33.1. The maximum Gasteiger partial charge on any atom is 0.341 e. The van der Waals surface area contributed by atoms with Crippen LogP contribution in [0.5, 0.6) is 11.5 Å². The molecule has 1 saturated carbocycles. The standard InChI is InChI=1S/C47H51N7O7S2/c1-23-12-34(55)40-35(58-23)17-36-41(42(40)56)39-29-6-5-27(15-26(29)18-50-3)47-37(61-47)7-4-24-13-32(53-38(48)14-24)30-16-28(20-54-19-25-8-10-51-33(25)21-54)52-44(49)31(30)22-63-62-11-9-46(2,60-36)43(39)59-45(47)57/h8,10,12-14,16-17,21,26-27,29,37,39,43,50,56H,4-7,9,11,15,18-20,22H2,1-3H3,(H2,48,53)(H2,49,52). The number of epoxide rings is 1. The molecule has 8 unspecified atom stereocenters. The molecule has 1 spiro atoms. The average Bonchev–Trinajstić information content (AvgIpc) is 3.58. The Hall–Kier alpha value is -5.03. The Morgan fingerprint density at radius 1 is 1.08 bits per heavy atom. The summed E-state index contributed by atoms with van der Waals surface area (Å²) in [5, 5.41) is 15.7. The third kappa shape index (κ3) is 6.81. The summed E-state index contributed by atoms with van der Waals surface area (Å²) in [7, 11) is 5.30. The Kier molecular flexibility index (Phi) is 9.90. The molecular formula is C47H51N7O7S2. The van der Waals surface area contributed by atoms with Crippen molar-refractivity contribution in [1.29, 1.82) is 0 Å². The predicted octanol–water partition coefficient (Wildman–Crippen LogP) is 6.56. The van der Waals surface area contributed by atoms with E-state index >= 15 is 4.79 Å². The van der Waals surface area contributed by atoms with Gasteiger partial charge in [-0.15, -0.1) is 0 Å². The number of esters is 1. The third-order valence-corrected chi connectivity index (χ3v) is 16.8. The van der Waals surface area contributed by atoms with Crippen LogP contribution in [0.1, 0.15) is 73.1 Å². The van der Waals surface area contributed by atoms with Crippen molar-refractivity contribution in [2.24, 2.45) is 22.7 Å².